The molecule has 0 unspecified atom stereocenters. The summed E-state index contributed by atoms with van der Waals surface area (Å²) in [5, 5.41) is 7.27. The molecule has 0 aliphatic rings. The van der Waals surface area contributed by atoms with Crippen LogP contribution < -0.4 is 4.74 Å². The van der Waals surface area contributed by atoms with Crippen LogP contribution in [0.15, 0.2) is 24.3 Å². The highest BCUT2D eigenvalue weighted by molar-refractivity contribution is 7.07. The minimum absolute atomic E-state index is 0.303. The van der Waals surface area contributed by atoms with E-state index in [9.17, 15) is 4.39 Å². The average Bonchev–Trinajstić information content (AvgIpc) is 2.62. The van der Waals surface area contributed by atoms with Crippen molar-refractivity contribution in [3.8, 4) is 10.9 Å². The zero-order valence-corrected chi connectivity index (χ0v) is 7.16. The quantitative estimate of drug-likeness (QED) is 0.737. The maximum absolute atomic E-state index is 12.5. The van der Waals surface area contributed by atoms with Crippen molar-refractivity contribution in [1.29, 1.82) is 0 Å². The molecule has 0 N–H and O–H groups in total. The van der Waals surface area contributed by atoms with Gasteiger partial charge in [-0.15, -0.1) is 0 Å². The second-order valence-electron chi connectivity index (χ2n) is 2.18. The molecular formula is C7H4FN3OS. The Labute approximate surface area is 77.1 Å². The van der Waals surface area contributed by atoms with E-state index in [0.717, 1.165) is 11.5 Å². The van der Waals surface area contributed by atoms with Gasteiger partial charge in [-0.05, 0) is 29.5 Å². The molecule has 0 saturated carbocycles. The van der Waals surface area contributed by atoms with Gasteiger partial charge in [0.1, 0.15) is 11.6 Å². The van der Waals surface area contributed by atoms with Crippen molar-refractivity contribution in [2.45, 2.75) is 0 Å². The topological polar surface area (TPSA) is 47.9 Å². The lowest BCUT2D eigenvalue weighted by molar-refractivity contribution is 0.470. The summed E-state index contributed by atoms with van der Waals surface area (Å²) >= 11 is 1.03. The van der Waals surface area contributed by atoms with Crippen LogP contribution in [-0.2, 0) is 0 Å². The van der Waals surface area contributed by atoms with Crippen LogP contribution in [0.1, 0.15) is 0 Å². The van der Waals surface area contributed by atoms with E-state index in [1.807, 2.05) is 0 Å². The first-order valence-corrected chi connectivity index (χ1v) is 4.20. The number of rotatable bonds is 2. The van der Waals surface area contributed by atoms with Crippen LogP contribution in [0, 0.1) is 5.82 Å². The molecule has 1 aromatic carbocycles. The molecular weight excluding hydrogens is 193 g/mol. The van der Waals surface area contributed by atoms with E-state index in [0.29, 0.717) is 10.9 Å². The monoisotopic (exact) mass is 197 g/mol. The lowest BCUT2D eigenvalue weighted by atomic mass is 10.3. The van der Waals surface area contributed by atoms with Crippen LogP contribution in [0.25, 0.3) is 0 Å². The Morgan fingerprint density at radius 1 is 1.23 bits per heavy atom. The van der Waals surface area contributed by atoms with E-state index in [-0.39, 0.29) is 5.82 Å². The third-order valence-electron chi connectivity index (χ3n) is 1.30. The summed E-state index contributed by atoms with van der Waals surface area (Å²) in [4.78, 5) is 0. The van der Waals surface area contributed by atoms with Gasteiger partial charge in [0, 0.05) is 11.5 Å². The fraction of sp³-hybridized carbons (Fsp3) is 0. The molecule has 4 nitrogen and oxygen atoms in total. The second-order valence-corrected chi connectivity index (χ2v) is 2.88. The Morgan fingerprint density at radius 2 is 2.00 bits per heavy atom. The fourth-order valence-electron chi connectivity index (χ4n) is 0.769. The first-order valence-electron chi connectivity index (χ1n) is 3.43. The van der Waals surface area contributed by atoms with Gasteiger partial charge in [-0.1, -0.05) is 9.59 Å². The number of hydrogen-bond donors (Lipinski definition) is 0. The summed E-state index contributed by atoms with van der Waals surface area (Å²) in [5.41, 5.74) is 0. The summed E-state index contributed by atoms with van der Waals surface area (Å²) in [7, 11) is 0. The molecule has 0 aliphatic carbocycles. The molecule has 2 rings (SSSR count). The molecule has 0 atom stereocenters. The number of halogens is 1. The minimum Gasteiger partial charge on any atom is -0.429 e. The van der Waals surface area contributed by atoms with Gasteiger partial charge in [-0.3, -0.25) is 0 Å². The third kappa shape index (κ3) is 1.97. The smallest absolute Gasteiger partial charge is 0.319 e. The van der Waals surface area contributed by atoms with Crippen molar-refractivity contribution in [1.82, 2.24) is 14.8 Å². The van der Waals surface area contributed by atoms with Crippen molar-refractivity contribution in [2.75, 3.05) is 0 Å². The Kier molecular flexibility index (Phi) is 2.13. The van der Waals surface area contributed by atoms with E-state index in [1.54, 1.807) is 0 Å². The molecule has 1 heterocycles. The standard InChI is InChI=1S/C7H4FN3OS/c8-5-1-3-6(4-2-5)12-7-9-10-11-13-7/h1-4H. The molecule has 6 heteroatoms. The van der Waals surface area contributed by atoms with Crippen LogP contribution in [0.2, 0.25) is 0 Å². The van der Waals surface area contributed by atoms with Gasteiger partial charge in [-0.25, -0.2) is 4.39 Å². The summed E-state index contributed by atoms with van der Waals surface area (Å²) < 4.78 is 21.2. The Hall–Kier alpha value is -1.56. The average molecular weight is 197 g/mol. The molecule has 0 saturated heterocycles. The number of benzene rings is 1. The van der Waals surface area contributed by atoms with Gasteiger partial charge in [0.05, 0.1) is 0 Å². The van der Waals surface area contributed by atoms with Crippen LogP contribution in [0.4, 0.5) is 4.39 Å². The highest BCUT2D eigenvalue weighted by Crippen LogP contribution is 2.20. The molecule has 2 aromatic rings. The lowest BCUT2D eigenvalue weighted by Crippen LogP contribution is -1.83. The molecule has 66 valence electrons. The number of hydrogen-bond acceptors (Lipinski definition) is 5. The first kappa shape index (κ1) is 8.06. The van der Waals surface area contributed by atoms with Gasteiger partial charge in [0.2, 0.25) is 0 Å². The van der Waals surface area contributed by atoms with Crippen molar-refractivity contribution >= 4 is 11.5 Å². The zero-order valence-electron chi connectivity index (χ0n) is 6.35. The van der Waals surface area contributed by atoms with Gasteiger partial charge in [0.25, 0.3) is 0 Å². The molecule has 0 aliphatic heterocycles. The number of nitrogens with zero attached hydrogens (tertiary/aromatic N) is 3. The van der Waals surface area contributed by atoms with E-state index >= 15 is 0 Å². The predicted octanol–water partition coefficient (Wildman–Crippen LogP) is 1.86. The highest BCUT2D eigenvalue weighted by atomic mass is 32.1. The van der Waals surface area contributed by atoms with Crippen molar-refractivity contribution in [2.24, 2.45) is 0 Å². The molecule has 13 heavy (non-hydrogen) atoms. The summed E-state index contributed by atoms with van der Waals surface area (Å²) in [6.07, 6.45) is 0. The SMILES string of the molecule is Fc1ccc(Oc2nnns2)cc1. The summed E-state index contributed by atoms with van der Waals surface area (Å²) in [5.74, 6) is 0.211. The molecule has 0 fully saturated rings. The third-order valence-corrected chi connectivity index (χ3v) is 1.78. The summed E-state index contributed by atoms with van der Waals surface area (Å²) in [6.45, 7) is 0. The Bertz CT molecular complexity index is 375. The largest absolute Gasteiger partial charge is 0.429 e. The van der Waals surface area contributed by atoms with Crippen molar-refractivity contribution < 1.29 is 9.13 Å². The van der Waals surface area contributed by atoms with E-state index in [2.05, 4.69) is 14.8 Å². The van der Waals surface area contributed by atoms with Gasteiger partial charge < -0.3 is 4.74 Å². The van der Waals surface area contributed by atoms with Crippen LogP contribution in [-0.4, -0.2) is 14.8 Å². The minimum atomic E-state index is -0.303. The van der Waals surface area contributed by atoms with Crippen LogP contribution in [0.5, 0.6) is 10.9 Å². The molecule has 1 aromatic heterocycles. The van der Waals surface area contributed by atoms with E-state index < -0.39 is 0 Å². The van der Waals surface area contributed by atoms with Gasteiger partial charge in [0.15, 0.2) is 0 Å². The molecule has 0 spiro atoms. The first-order chi connectivity index (χ1) is 6.34. The lowest BCUT2D eigenvalue weighted by Gasteiger charge is -1.98. The van der Waals surface area contributed by atoms with Gasteiger partial charge in [-0.2, -0.15) is 0 Å². The molecule has 0 radical (unpaired) electrons. The Morgan fingerprint density at radius 3 is 2.62 bits per heavy atom. The molecule has 0 amide bonds. The highest BCUT2D eigenvalue weighted by Gasteiger charge is 2.00. The number of ether oxygens (including phenoxy) is 1. The fourth-order valence-corrected chi connectivity index (χ4v) is 1.12. The van der Waals surface area contributed by atoms with E-state index in [1.165, 1.54) is 24.3 Å². The van der Waals surface area contributed by atoms with Crippen molar-refractivity contribution in [3.63, 3.8) is 0 Å². The van der Waals surface area contributed by atoms with E-state index in [4.69, 9.17) is 4.74 Å². The maximum Gasteiger partial charge on any atom is 0.319 e. The van der Waals surface area contributed by atoms with Crippen LogP contribution in [0.3, 0.4) is 0 Å². The molecule has 0 bridgehead atoms. The predicted molar refractivity (Wildman–Crippen MR) is 44.2 cm³/mol. The number of aromatic nitrogens is 3. The second kappa shape index (κ2) is 3.44. The summed E-state index contributed by atoms with van der Waals surface area (Å²) in [6, 6.07) is 5.64. The van der Waals surface area contributed by atoms with Crippen LogP contribution >= 0.6 is 11.5 Å². The van der Waals surface area contributed by atoms with Crippen molar-refractivity contribution in [3.05, 3.63) is 30.1 Å². The van der Waals surface area contributed by atoms with Gasteiger partial charge >= 0.3 is 5.19 Å². The Balaban J connectivity index is 2.15. The normalized spacial score (nSPS) is 9.92. The zero-order chi connectivity index (χ0) is 9.10. The maximum atomic E-state index is 12.5.